The van der Waals surface area contributed by atoms with E-state index in [-0.39, 0.29) is 16.5 Å². The van der Waals surface area contributed by atoms with Crippen molar-refractivity contribution in [1.29, 1.82) is 0 Å². The van der Waals surface area contributed by atoms with Crippen LogP contribution in [-0.4, -0.2) is 11.8 Å². The fraction of sp³-hybridized carbons (Fsp3) is 0.100. The summed E-state index contributed by atoms with van der Waals surface area (Å²) in [6.45, 7) is 3.64. The van der Waals surface area contributed by atoms with E-state index >= 15 is 0 Å². The molecule has 3 aromatic rings. The van der Waals surface area contributed by atoms with Gasteiger partial charge in [-0.05, 0) is 61.4 Å². The SMILES string of the molecule is Cc1ccc(Cl)cc1NC(=O)c1sc(NC(=O)c2ccc(F)cc2Cl)cc1C. The lowest BCUT2D eigenvalue weighted by Crippen LogP contribution is -2.12. The van der Waals surface area contributed by atoms with Crippen molar-refractivity contribution in [3.63, 3.8) is 0 Å². The molecule has 1 aromatic heterocycles. The van der Waals surface area contributed by atoms with Gasteiger partial charge in [0.05, 0.1) is 20.5 Å². The van der Waals surface area contributed by atoms with Crippen molar-refractivity contribution >= 4 is 57.0 Å². The number of benzene rings is 2. The molecule has 2 aromatic carbocycles. The number of hydrogen-bond acceptors (Lipinski definition) is 3. The van der Waals surface area contributed by atoms with E-state index in [0.717, 1.165) is 29.0 Å². The van der Waals surface area contributed by atoms with Gasteiger partial charge >= 0.3 is 0 Å². The molecule has 0 atom stereocenters. The van der Waals surface area contributed by atoms with Crippen LogP contribution in [0.4, 0.5) is 15.1 Å². The highest BCUT2D eigenvalue weighted by Crippen LogP contribution is 2.29. The molecule has 0 saturated heterocycles. The van der Waals surface area contributed by atoms with E-state index in [1.807, 2.05) is 13.0 Å². The molecule has 0 aliphatic rings. The molecule has 28 heavy (non-hydrogen) atoms. The molecule has 0 bridgehead atoms. The van der Waals surface area contributed by atoms with Gasteiger partial charge in [0.15, 0.2) is 0 Å². The van der Waals surface area contributed by atoms with Crippen molar-refractivity contribution in [2.45, 2.75) is 13.8 Å². The standard InChI is InChI=1S/C20H15Cl2FN2O2S/c1-10-3-4-12(21)8-16(10)24-20(27)18-11(2)7-17(28-18)25-19(26)14-6-5-13(23)9-15(14)22/h3-9H,1-2H3,(H,24,27)(H,25,26). The minimum Gasteiger partial charge on any atom is -0.321 e. The second kappa shape index (κ2) is 8.31. The Kier molecular flexibility index (Phi) is 6.03. The van der Waals surface area contributed by atoms with Crippen LogP contribution in [0.1, 0.15) is 31.2 Å². The van der Waals surface area contributed by atoms with E-state index in [9.17, 15) is 14.0 Å². The number of thiophene rings is 1. The summed E-state index contributed by atoms with van der Waals surface area (Å²) in [6.07, 6.45) is 0. The van der Waals surface area contributed by atoms with Crippen LogP contribution in [-0.2, 0) is 0 Å². The molecule has 144 valence electrons. The summed E-state index contributed by atoms with van der Waals surface area (Å²) in [6, 6.07) is 10.5. The highest BCUT2D eigenvalue weighted by atomic mass is 35.5. The largest absolute Gasteiger partial charge is 0.321 e. The van der Waals surface area contributed by atoms with Crippen molar-refractivity contribution in [2.24, 2.45) is 0 Å². The lowest BCUT2D eigenvalue weighted by atomic mass is 10.2. The molecular formula is C20H15Cl2FN2O2S. The predicted molar refractivity (Wildman–Crippen MR) is 113 cm³/mol. The molecule has 0 unspecified atom stereocenters. The van der Waals surface area contributed by atoms with Crippen LogP contribution >= 0.6 is 34.5 Å². The zero-order valence-electron chi connectivity index (χ0n) is 14.9. The lowest BCUT2D eigenvalue weighted by molar-refractivity contribution is 0.102. The number of rotatable bonds is 4. The number of hydrogen-bond donors (Lipinski definition) is 2. The smallest absolute Gasteiger partial charge is 0.266 e. The molecule has 8 heteroatoms. The maximum Gasteiger partial charge on any atom is 0.266 e. The molecule has 0 radical (unpaired) electrons. The fourth-order valence-electron chi connectivity index (χ4n) is 2.53. The first-order chi connectivity index (χ1) is 13.2. The van der Waals surface area contributed by atoms with Gasteiger partial charge in [-0.2, -0.15) is 0 Å². The Bertz CT molecular complexity index is 1080. The Balaban J connectivity index is 1.78. The van der Waals surface area contributed by atoms with E-state index < -0.39 is 11.7 Å². The van der Waals surface area contributed by atoms with Crippen LogP contribution in [0.25, 0.3) is 0 Å². The Morgan fingerprint density at radius 1 is 0.929 bits per heavy atom. The second-order valence-electron chi connectivity index (χ2n) is 6.11. The molecule has 2 amide bonds. The van der Waals surface area contributed by atoms with Gasteiger partial charge in [-0.3, -0.25) is 9.59 Å². The van der Waals surface area contributed by atoms with Gasteiger partial charge in [-0.25, -0.2) is 4.39 Å². The molecule has 1 heterocycles. The summed E-state index contributed by atoms with van der Waals surface area (Å²) in [5.74, 6) is -1.30. The Morgan fingerprint density at radius 3 is 2.39 bits per heavy atom. The van der Waals surface area contributed by atoms with E-state index in [2.05, 4.69) is 10.6 Å². The maximum atomic E-state index is 13.1. The Hall–Kier alpha value is -2.41. The summed E-state index contributed by atoms with van der Waals surface area (Å²) >= 11 is 13.0. The molecule has 0 saturated carbocycles. The first-order valence-electron chi connectivity index (χ1n) is 8.19. The third-order valence-electron chi connectivity index (χ3n) is 3.98. The predicted octanol–water partition coefficient (Wildman–Crippen LogP) is 6.32. The molecule has 2 N–H and O–H groups in total. The summed E-state index contributed by atoms with van der Waals surface area (Å²) in [7, 11) is 0. The van der Waals surface area contributed by atoms with Crippen LogP contribution in [0.5, 0.6) is 0 Å². The third-order valence-corrected chi connectivity index (χ3v) is 5.68. The molecule has 0 aliphatic heterocycles. The highest BCUT2D eigenvalue weighted by molar-refractivity contribution is 7.18. The number of carbonyl (C=O) groups excluding carboxylic acids is 2. The number of halogens is 3. The molecule has 0 aliphatic carbocycles. The molecule has 4 nitrogen and oxygen atoms in total. The van der Waals surface area contributed by atoms with Gasteiger partial charge in [-0.15, -0.1) is 11.3 Å². The molecule has 3 rings (SSSR count). The van der Waals surface area contributed by atoms with E-state index in [1.165, 1.54) is 6.07 Å². The Morgan fingerprint density at radius 2 is 1.68 bits per heavy atom. The van der Waals surface area contributed by atoms with Crippen LogP contribution in [0, 0.1) is 19.7 Å². The van der Waals surface area contributed by atoms with Crippen LogP contribution in [0.15, 0.2) is 42.5 Å². The maximum absolute atomic E-state index is 13.1. The van der Waals surface area contributed by atoms with Gasteiger partial charge in [0.2, 0.25) is 0 Å². The van der Waals surface area contributed by atoms with Gasteiger partial charge < -0.3 is 10.6 Å². The van der Waals surface area contributed by atoms with E-state index in [4.69, 9.17) is 23.2 Å². The molecule has 0 spiro atoms. The number of aryl methyl sites for hydroxylation is 2. The molecule has 0 fully saturated rings. The average molecular weight is 437 g/mol. The monoisotopic (exact) mass is 436 g/mol. The number of anilines is 2. The normalized spacial score (nSPS) is 10.6. The van der Waals surface area contributed by atoms with E-state index in [0.29, 0.717) is 26.2 Å². The topological polar surface area (TPSA) is 58.2 Å². The third kappa shape index (κ3) is 4.52. The van der Waals surface area contributed by atoms with Gasteiger partial charge in [0.1, 0.15) is 5.82 Å². The summed E-state index contributed by atoms with van der Waals surface area (Å²) in [5.41, 5.74) is 2.36. The van der Waals surface area contributed by atoms with Gasteiger partial charge in [-0.1, -0.05) is 29.3 Å². The van der Waals surface area contributed by atoms with Crippen LogP contribution in [0.3, 0.4) is 0 Å². The first kappa shape index (κ1) is 20.3. The zero-order valence-corrected chi connectivity index (χ0v) is 17.2. The highest BCUT2D eigenvalue weighted by Gasteiger charge is 2.18. The summed E-state index contributed by atoms with van der Waals surface area (Å²) in [4.78, 5) is 25.5. The van der Waals surface area contributed by atoms with Crippen LogP contribution < -0.4 is 10.6 Å². The summed E-state index contributed by atoms with van der Waals surface area (Å²) < 4.78 is 13.1. The second-order valence-corrected chi connectivity index (χ2v) is 8.01. The van der Waals surface area contributed by atoms with Crippen molar-refractivity contribution in [2.75, 3.05) is 10.6 Å². The van der Waals surface area contributed by atoms with Crippen molar-refractivity contribution < 1.29 is 14.0 Å². The number of nitrogens with one attached hydrogen (secondary N) is 2. The van der Waals surface area contributed by atoms with E-state index in [1.54, 1.807) is 25.1 Å². The quantitative estimate of drug-likeness (QED) is 0.502. The fourth-order valence-corrected chi connectivity index (χ4v) is 3.92. The Labute approximate surface area is 175 Å². The zero-order chi connectivity index (χ0) is 20.4. The minimum absolute atomic E-state index is 0.0141. The first-order valence-corrected chi connectivity index (χ1v) is 9.76. The molecular weight excluding hydrogens is 422 g/mol. The summed E-state index contributed by atoms with van der Waals surface area (Å²) in [5, 5.41) is 6.54. The van der Waals surface area contributed by atoms with Gasteiger partial charge in [0.25, 0.3) is 11.8 Å². The van der Waals surface area contributed by atoms with Crippen molar-refractivity contribution in [1.82, 2.24) is 0 Å². The lowest BCUT2D eigenvalue weighted by Gasteiger charge is -2.08. The van der Waals surface area contributed by atoms with Crippen molar-refractivity contribution in [3.8, 4) is 0 Å². The van der Waals surface area contributed by atoms with Crippen molar-refractivity contribution in [3.05, 3.63) is 79.9 Å². The van der Waals surface area contributed by atoms with Crippen LogP contribution in [0.2, 0.25) is 10.0 Å². The average Bonchev–Trinajstić information content (AvgIpc) is 2.98. The van der Waals surface area contributed by atoms with Gasteiger partial charge in [0, 0.05) is 10.7 Å². The minimum atomic E-state index is -0.524. The number of carbonyl (C=O) groups is 2. The number of amides is 2.